The first-order valence-electron chi connectivity index (χ1n) is 7.69. The van der Waals surface area contributed by atoms with E-state index in [1.54, 1.807) is 12.1 Å². The third kappa shape index (κ3) is 2.36. The van der Waals surface area contributed by atoms with Crippen molar-refractivity contribution >= 4 is 27.3 Å². The van der Waals surface area contributed by atoms with Gasteiger partial charge in [0.15, 0.2) is 0 Å². The zero-order valence-electron chi connectivity index (χ0n) is 12.8. The summed E-state index contributed by atoms with van der Waals surface area (Å²) in [5.74, 6) is -0.425. The zero-order valence-corrected chi connectivity index (χ0v) is 13.6. The molecule has 1 N–H and O–H groups in total. The Morgan fingerprint density at radius 2 is 1.83 bits per heavy atom. The average molecular weight is 346 g/mol. The number of anilines is 2. The highest BCUT2D eigenvalue weighted by atomic mass is 32.2. The molecule has 0 saturated carbocycles. The molecule has 1 amide bonds. The molecule has 0 aromatic heterocycles. The Labute approximate surface area is 139 Å². The van der Waals surface area contributed by atoms with Crippen LogP contribution in [0.15, 0.2) is 41.3 Å². The van der Waals surface area contributed by atoms with E-state index >= 15 is 0 Å². The molecule has 0 atom stereocenters. The van der Waals surface area contributed by atoms with Crippen molar-refractivity contribution in [2.45, 2.75) is 24.2 Å². The number of aryl methyl sites for hydroxylation is 1. The molecule has 2 aliphatic heterocycles. The van der Waals surface area contributed by atoms with Gasteiger partial charge in [-0.15, -0.1) is 0 Å². The van der Waals surface area contributed by atoms with Gasteiger partial charge < -0.3 is 5.32 Å². The molecule has 7 heteroatoms. The SMILES string of the molecule is O=C1CCc2cc(S(=O)(=O)N3CCc4cc(F)ccc43)ccc2N1. The highest BCUT2D eigenvalue weighted by Crippen LogP contribution is 2.34. The molecule has 5 nitrogen and oxygen atoms in total. The molecule has 0 aliphatic carbocycles. The van der Waals surface area contributed by atoms with Gasteiger partial charge in [0.1, 0.15) is 5.82 Å². The molecule has 0 saturated heterocycles. The lowest BCUT2D eigenvalue weighted by Crippen LogP contribution is -2.29. The van der Waals surface area contributed by atoms with E-state index in [0.717, 1.165) is 5.56 Å². The molecular weight excluding hydrogens is 331 g/mol. The second-order valence-electron chi connectivity index (χ2n) is 5.97. The number of sulfonamides is 1. The standard InChI is InChI=1S/C17H15FN2O3S/c18-13-2-5-16-12(9-13)7-8-20(16)24(22,23)14-3-4-15-11(10-14)1-6-17(21)19-15/h2-5,9-10H,1,6-8H2,(H,19,21). The predicted molar refractivity (Wildman–Crippen MR) is 88.0 cm³/mol. The minimum Gasteiger partial charge on any atom is -0.326 e. The number of rotatable bonds is 2. The van der Waals surface area contributed by atoms with Gasteiger partial charge >= 0.3 is 0 Å². The maximum atomic E-state index is 13.3. The maximum absolute atomic E-state index is 13.3. The van der Waals surface area contributed by atoms with Crippen molar-refractivity contribution in [2.75, 3.05) is 16.2 Å². The van der Waals surface area contributed by atoms with Crippen LogP contribution in [0.2, 0.25) is 0 Å². The topological polar surface area (TPSA) is 66.5 Å². The van der Waals surface area contributed by atoms with E-state index in [9.17, 15) is 17.6 Å². The molecule has 24 heavy (non-hydrogen) atoms. The van der Waals surface area contributed by atoms with Gasteiger partial charge in [0, 0.05) is 18.7 Å². The summed E-state index contributed by atoms with van der Waals surface area (Å²) >= 11 is 0. The van der Waals surface area contributed by atoms with E-state index in [2.05, 4.69) is 5.32 Å². The Morgan fingerprint density at radius 1 is 1.00 bits per heavy atom. The smallest absolute Gasteiger partial charge is 0.264 e. The first-order valence-corrected chi connectivity index (χ1v) is 9.13. The lowest BCUT2D eigenvalue weighted by molar-refractivity contribution is -0.116. The number of hydrogen-bond acceptors (Lipinski definition) is 3. The van der Waals surface area contributed by atoms with Crippen LogP contribution < -0.4 is 9.62 Å². The first kappa shape index (κ1) is 15.1. The van der Waals surface area contributed by atoms with Gasteiger partial charge in [-0.05, 0) is 60.4 Å². The minimum absolute atomic E-state index is 0.0615. The molecule has 2 aromatic rings. The summed E-state index contributed by atoms with van der Waals surface area (Å²) in [7, 11) is -3.71. The maximum Gasteiger partial charge on any atom is 0.264 e. The van der Waals surface area contributed by atoms with Crippen LogP contribution >= 0.6 is 0 Å². The molecule has 0 bridgehead atoms. The van der Waals surface area contributed by atoms with Gasteiger partial charge in [0.05, 0.1) is 10.6 Å². The lowest BCUT2D eigenvalue weighted by atomic mass is 10.0. The number of nitrogens with one attached hydrogen (secondary N) is 1. The number of benzene rings is 2. The Bertz CT molecular complexity index is 956. The van der Waals surface area contributed by atoms with Gasteiger partial charge in [0.2, 0.25) is 5.91 Å². The van der Waals surface area contributed by atoms with E-state index < -0.39 is 10.0 Å². The van der Waals surface area contributed by atoms with Crippen LogP contribution in [0.3, 0.4) is 0 Å². The summed E-state index contributed by atoms with van der Waals surface area (Å²) < 4.78 is 40.6. The highest BCUT2D eigenvalue weighted by Gasteiger charge is 2.31. The van der Waals surface area contributed by atoms with Crippen LogP contribution in [0.25, 0.3) is 0 Å². The number of halogens is 1. The third-order valence-corrected chi connectivity index (χ3v) is 6.26. The molecule has 0 unspecified atom stereocenters. The molecule has 2 heterocycles. The summed E-state index contributed by atoms with van der Waals surface area (Å²) in [6, 6.07) is 8.91. The third-order valence-electron chi connectivity index (χ3n) is 4.45. The molecule has 0 fully saturated rings. The first-order chi connectivity index (χ1) is 11.4. The van der Waals surface area contributed by atoms with Crippen molar-refractivity contribution in [1.82, 2.24) is 0 Å². The summed E-state index contributed by atoms with van der Waals surface area (Å²) in [5, 5.41) is 2.74. The predicted octanol–water partition coefficient (Wildman–Crippen LogP) is 2.46. The van der Waals surface area contributed by atoms with Gasteiger partial charge in [-0.3, -0.25) is 9.10 Å². The molecule has 4 rings (SSSR count). The van der Waals surface area contributed by atoms with E-state index in [1.807, 2.05) is 0 Å². The summed E-state index contributed by atoms with van der Waals surface area (Å²) in [6.07, 6.45) is 1.36. The van der Waals surface area contributed by atoms with Crippen LogP contribution in [0.1, 0.15) is 17.5 Å². The molecule has 0 spiro atoms. The van der Waals surface area contributed by atoms with Crippen molar-refractivity contribution in [2.24, 2.45) is 0 Å². The van der Waals surface area contributed by atoms with E-state index in [4.69, 9.17) is 0 Å². The molecule has 0 radical (unpaired) electrons. The number of carbonyl (C=O) groups excluding carboxylic acids is 1. The quantitative estimate of drug-likeness (QED) is 0.908. The molecule has 2 aliphatic rings. The van der Waals surface area contributed by atoms with E-state index in [0.29, 0.717) is 42.7 Å². The van der Waals surface area contributed by atoms with Crippen molar-refractivity contribution in [3.63, 3.8) is 0 Å². The minimum atomic E-state index is -3.71. The Balaban J connectivity index is 1.73. The lowest BCUT2D eigenvalue weighted by Gasteiger charge is -2.22. The average Bonchev–Trinajstić information content (AvgIpc) is 2.97. The van der Waals surface area contributed by atoms with Crippen LogP contribution in [0, 0.1) is 5.82 Å². The summed E-state index contributed by atoms with van der Waals surface area (Å²) in [4.78, 5) is 11.6. The Kier molecular flexibility index (Phi) is 3.35. The highest BCUT2D eigenvalue weighted by molar-refractivity contribution is 7.92. The van der Waals surface area contributed by atoms with E-state index in [-0.39, 0.29) is 16.6 Å². The van der Waals surface area contributed by atoms with Crippen LogP contribution in [-0.2, 0) is 27.7 Å². The largest absolute Gasteiger partial charge is 0.326 e. The number of hydrogen-bond donors (Lipinski definition) is 1. The summed E-state index contributed by atoms with van der Waals surface area (Å²) in [5.41, 5.74) is 2.70. The van der Waals surface area contributed by atoms with Gasteiger partial charge in [-0.1, -0.05) is 0 Å². The van der Waals surface area contributed by atoms with Crippen molar-refractivity contribution < 1.29 is 17.6 Å². The number of fused-ring (bicyclic) bond motifs is 2. The van der Waals surface area contributed by atoms with Gasteiger partial charge in [0.25, 0.3) is 10.0 Å². The monoisotopic (exact) mass is 346 g/mol. The van der Waals surface area contributed by atoms with Gasteiger partial charge in [-0.25, -0.2) is 12.8 Å². The Morgan fingerprint density at radius 3 is 2.67 bits per heavy atom. The van der Waals surface area contributed by atoms with Crippen molar-refractivity contribution in [1.29, 1.82) is 0 Å². The van der Waals surface area contributed by atoms with Crippen molar-refractivity contribution in [3.05, 3.63) is 53.3 Å². The van der Waals surface area contributed by atoms with Gasteiger partial charge in [-0.2, -0.15) is 0 Å². The van der Waals surface area contributed by atoms with Crippen LogP contribution in [-0.4, -0.2) is 20.9 Å². The van der Waals surface area contributed by atoms with Crippen molar-refractivity contribution in [3.8, 4) is 0 Å². The normalized spacial score (nSPS) is 16.5. The van der Waals surface area contributed by atoms with Crippen LogP contribution in [0.4, 0.5) is 15.8 Å². The fraction of sp³-hybridized carbons (Fsp3) is 0.235. The van der Waals surface area contributed by atoms with E-state index in [1.165, 1.54) is 28.6 Å². The number of amides is 1. The fourth-order valence-corrected chi connectivity index (χ4v) is 4.79. The molecular formula is C17H15FN2O3S. The second-order valence-corrected chi connectivity index (χ2v) is 7.83. The Hall–Kier alpha value is -2.41. The molecule has 2 aromatic carbocycles. The number of nitrogens with zero attached hydrogens (tertiary/aromatic N) is 1. The zero-order chi connectivity index (χ0) is 16.9. The molecule has 124 valence electrons. The fourth-order valence-electron chi connectivity index (χ4n) is 3.24. The number of carbonyl (C=O) groups is 1. The van der Waals surface area contributed by atoms with Crippen LogP contribution in [0.5, 0.6) is 0 Å². The summed E-state index contributed by atoms with van der Waals surface area (Å²) in [6.45, 7) is 0.301. The second kappa shape index (κ2) is 5.31.